The van der Waals surface area contributed by atoms with Crippen LogP contribution < -0.4 is 9.62 Å². The first-order valence-corrected chi connectivity index (χ1v) is 15.6. The highest BCUT2D eigenvalue weighted by molar-refractivity contribution is 9.10. The van der Waals surface area contributed by atoms with Gasteiger partial charge >= 0.3 is 0 Å². The van der Waals surface area contributed by atoms with Gasteiger partial charge in [0, 0.05) is 23.5 Å². The van der Waals surface area contributed by atoms with Crippen LogP contribution in [0.3, 0.4) is 0 Å². The zero-order chi connectivity index (χ0) is 28.6. The van der Waals surface area contributed by atoms with E-state index in [1.165, 1.54) is 4.90 Å². The van der Waals surface area contributed by atoms with E-state index in [-0.39, 0.29) is 35.6 Å². The van der Waals surface area contributed by atoms with Gasteiger partial charge in [0.1, 0.15) is 12.6 Å². The molecule has 0 aliphatic carbocycles. The molecule has 10 heteroatoms. The van der Waals surface area contributed by atoms with Crippen LogP contribution in [0.1, 0.15) is 31.4 Å². The maximum atomic E-state index is 14.0. The molecule has 39 heavy (non-hydrogen) atoms. The Morgan fingerprint density at radius 3 is 2.15 bits per heavy atom. The fraction of sp³-hybridized carbons (Fsp3) is 0.310. The van der Waals surface area contributed by atoms with E-state index in [9.17, 15) is 18.0 Å². The number of carbonyl (C=O) groups excluding carboxylic acids is 2. The molecule has 0 heterocycles. The molecule has 0 saturated heterocycles. The maximum Gasteiger partial charge on any atom is 0.244 e. The normalized spacial score (nSPS) is 12.8. The lowest BCUT2D eigenvalue weighted by atomic mass is 10.0. The molecule has 0 aromatic heterocycles. The number of carbonyl (C=O) groups is 2. The highest BCUT2D eigenvalue weighted by Gasteiger charge is 2.33. The Bertz CT molecular complexity index is 1370. The fourth-order valence-electron chi connectivity index (χ4n) is 4.03. The van der Waals surface area contributed by atoms with Gasteiger partial charge in [-0.2, -0.15) is 0 Å². The zero-order valence-electron chi connectivity index (χ0n) is 22.2. The molecule has 0 bridgehead atoms. The van der Waals surface area contributed by atoms with E-state index in [2.05, 4.69) is 21.2 Å². The summed E-state index contributed by atoms with van der Waals surface area (Å²) in [7, 11) is -3.88. The SMILES string of the molecule is CCC(C)NC(=O)C(Cc1ccccc1)N(Cc1ccc(Br)cc1)C(=O)CN(c1ccccc1Cl)S(C)(=O)=O. The first-order chi connectivity index (χ1) is 18.5. The Morgan fingerprint density at radius 2 is 1.56 bits per heavy atom. The van der Waals surface area contributed by atoms with Gasteiger partial charge in [-0.15, -0.1) is 0 Å². The molecule has 3 aromatic carbocycles. The lowest BCUT2D eigenvalue weighted by Gasteiger charge is -2.34. The minimum Gasteiger partial charge on any atom is -0.352 e. The van der Waals surface area contributed by atoms with E-state index in [0.29, 0.717) is 0 Å². The van der Waals surface area contributed by atoms with Gasteiger partial charge in [-0.1, -0.05) is 89.1 Å². The summed E-state index contributed by atoms with van der Waals surface area (Å²) in [5.41, 5.74) is 1.87. The highest BCUT2D eigenvalue weighted by atomic mass is 79.9. The Hall–Kier alpha value is -2.88. The third kappa shape index (κ3) is 8.81. The summed E-state index contributed by atoms with van der Waals surface area (Å²) in [5.74, 6) is -0.828. The van der Waals surface area contributed by atoms with E-state index < -0.39 is 28.5 Å². The Labute approximate surface area is 244 Å². The van der Waals surface area contributed by atoms with Crippen molar-refractivity contribution in [3.05, 3.63) is 99.5 Å². The van der Waals surface area contributed by atoms with E-state index >= 15 is 0 Å². The second-order valence-corrected chi connectivity index (χ2v) is 12.6. The second-order valence-electron chi connectivity index (χ2n) is 9.39. The average Bonchev–Trinajstić information content (AvgIpc) is 2.90. The van der Waals surface area contributed by atoms with Crippen LogP contribution in [0.4, 0.5) is 5.69 Å². The molecule has 2 amide bonds. The summed E-state index contributed by atoms with van der Waals surface area (Å²) >= 11 is 9.76. The van der Waals surface area contributed by atoms with E-state index in [0.717, 1.165) is 32.6 Å². The van der Waals surface area contributed by atoms with E-state index in [1.54, 1.807) is 24.3 Å². The summed E-state index contributed by atoms with van der Waals surface area (Å²) in [6, 6.07) is 22.3. The van der Waals surface area contributed by atoms with Gasteiger partial charge in [0.15, 0.2) is 0 Å². The number of sulfonamides is 1. The van der Waals surface area contributed by atoms with Crippen molar-refractivity contribution in [2.45, 2.75) is 45.3 Å². The molecule has 0 aliphatic rings. The van der Waals surface area contributed by atoms with Crippen molar-refractivity contribution >= 4 is 55.1 Å². The number of benzene rings is 3. The molecule has 0 fully saturated rings. The largest absolute Gasteiger partial charge is 0.352 e. The quantitative estimate of drug-likeness (QED) is 0.288. The topological polar surface area (TPSA) is 86.8 Å². The third-order valence-corrected chi connectivity index (χ3v) is 8.31. The minimum absolute atomic E-state index is 0.101. The van der Waals surface area contributed by atoms with Gasteiger partial charge in [0.2, 0.25) is 21.8 Å². The predicted octanol–water partition coefficient (Wildman–Crippen LogP) is 5.42. The number of para-hydroxylation sites is 1. The zero-order valence-corrected chi connectivity index (χ0v) is 25.3. The Balaban J connectivity index is 2.06. The van der Waals surface area contributed by atoms with Gasteiger partial charge < -0.3 is 10.2 Å². The molecule has 3 aromatic rings. The molecule has 2 unspecified atom stereocenters. The molecular formula is C29H33BrClN3O4S. The van der Waals surface area contributed by atoms with E-state index in [1.807, 2.05) is 68.4 Å². The predicted molar refractivity (Wildman–Crippen MR) is 160 cm³/mol. The molecule has 1 N–H and O–H groups in total. The number of nitrogens with zero attached hydrogens (tertiary/aromatic N) is 2. The summed E-state index contributed by atoms with van der Waals surface area (Å²) in [5, 5.41) is 3.21. The number of hydrogen-bond acceptors (Lipinski definition) is 4. The summed E-state index contributed by atoms with van der Waals surface area (Å²) in [6.07, 6.45) is 2.01. The second kappa shape index (κ2) is 14.0. The first kappa shape index (κ1) is 30.7. The molecule has 2 atom stereocenters. The third-order valence-electron chi connectivity index (χ3n) is 6.34. The maximum absolute atomic E-state index is 14.0. The van der Waals surface area contributed by atoms with Crippen LogP contribution in [0.15, 0.2) is 83.3 Å². The van der Waals surface area contributed by atoms with Crippen LogP contribution in [0.5, 0.6) is 0 Å². The summed E-state index contributed by atoms with van der Waals surface area (Å²) in [6.45, 7) is 3.47. The summed E-state index contributed by atoms with van der Waals surface area (Å²) in [4.78, 5) is 29.1. The molecule has 0 radical (unpaired) electrons. The smallest absolute Gasteiger partial charge is 0.244 e. The average molecular weight is 635 g/mol. The Morgan fingerprint density at radius 1 is 0.949 bits per heavy atom. The lowest BCUT2D eigenvalue weighted by Crippen LogP contribution is -2.54. The number of hydrogen-bond donors (Lipinski definition) is 1. The van der Waals surface area contributed by atoms with Crippen molar-refractivity contribution in [2.75, 3.05) is 17.1 Å². The molecule has 0 aliphatic heterocycles. The van der Waals surface area contributed by atoms with Crippen molar-refractivity contribution in [1.82, 2.24) is 10.2 Å². The minimum atomic E-state index is -3.88. The van der Waals surface area contributed by atoms with Crippen LogP contribution in [0, 0.1) is 0 Å². The molecular weight excluding hydrogens is 602 g/mol. The first-order valence-electron chi connectivity index (χ1n) is 12.6. The van der Waals surface area contributed by atoms with Crippen LogP contribution in [-0.2, 0) is 32.6 Å². The van der Waals surface area contributed by atoms with Crippen molar-refractivity contribution in [3.8, 4) is 0 Å². The monoisotopic (exact) mass is 633 g/mol. The fourth-order valence-corrected chi connectivity index (χ4v) is 5.44. The van der Waals surface area contributed by atoms with Crippen LogP contribution in [0.25, 0.3) is 0 Å². The molecule has 208 valence electrons. The number of nitrogens with one attached hydrogen (secondary N) is 1. The number of halogens is 2. The Kier molecular flexibility index (Phi) is 11.0. The standard InChI is InChI=1S/C29H33BrClN3O4S/c1-4-21(2)32-29(36)27(18-22-10-6-5-7-11-22)33(19-23-14-16-24(30)17-15-23)28(35)20-34(39(3,37)38)26-13-9-8-12-25(26)31/h5-17,21,27H,4,18-20H2,1-3H3,(H,32,36). The van der Waals surface area contributed by atoms with Crippen LogP contribution in [-0.4, -0.2) is 50.0 Å². The highest BCUT2D eigenvalue weighted by Crippen LogP contribution is 2.28. The lowest BCUT2D eigenvalue weighted by molar-refractivity contribution is -0.140. The molecule has 0 spiro atoms. The molecule has 3 rings (SSSR count). The van der Waals surface area contributed by atoms with Crippen LogP contribution >= 0.6 is 27.5 Å². The number of rotatable bonds is 12. The van der Waals surface area contributed by atoms with Crippen LogP contribution in [0.2, 0.25) is 5.02 Å². The van der Waals surface area contributed by atoms with Crippen molar-refractivity contribution in [2.24, 2.45) is 0 Å². The van der Waals surface area contributed by atoms with Gasteiger partial charge in [-0.05, 0) is 48.7 Å². The van der Waals surface area contributed by atoms with Gasteiger partial charge in [-0.25, -0.2) is 8.42 Å². The molecule has 0 saturated carbocycles. The summed E-state index contributed by atoms with van der Waals surface area (Å²) < 4.78 is 27.5. The van der Waals surface area contributed by atoms with Crippen molar-refractivity contribution in [3.63, 3.8) is 0 Å². The van der Waals surface area contributed by atoms with Crippen molar-refractivity contribution < 1.29 is 18.0 Å². The molecule has 7 nitrogen and oxygen atoms in total. The number of anilines is 1. The van der Waals surface area contributed by atoms with E-state index in [4.69, 9.17) is 11.6 Å². The number of amides is 2. The van der Waals surface area contributed by atoms with Crippen molar-refractivity contribution in [1.29, 1.82) is 0 Å². The van der Waals surface area contributed by atoms with Gasteiger partial charge in [0.05, 0.1) is 17.0 Å². The van der Waals surface area contributed by atoms with Gasteiger partial charge in [-0.3, -0.25) is 13.9 Å². The van der Waals surface area contributed by atoms with Gasteiger partial charge in [0.25, 0.3) is 0 Å².